The van der Waals surface area contributed by atoms with E-state index < -0.39 is 36.8 Å². The van der Waals surface area contributed by atoms with Crippen molar-refractivity contribution < 1.29 is 27.5 Å². The van der Waals surface area contributed by atoms with Crippen LogP contribution in [0, 0.1) is 6.92 Å². The molecule has 0 aliphatic rings. The molecular weight excluding hydrogens is 267 g/mol. The lowest BCUT2D eigenvalue weighted by atomic mass is 10.3. The molecule has 0 aliphatic heterocycles. The molecule has 1 heterocycles. The summed E-state index contributed by atoms with van der Waals surface area (Å²) in [5.41, 5.74) is -0.869. The van der Waals surface area contributed by atoms with Crippen molar-refractivity contribution in [2.75, 3.05) is 13.7 Å². The predicted molar refractivity (Wildman–Crippen MR) is 57.0 cm³/mol. The molecule has 0 unspecified atom stereocenters. The minimum absolute atomic E-state index is 0.146. The molecule has 0 saturated carbocycles. The van der Waals surface area contributed by atoms with Gasteiger partial charge in [-0.3, -0.25) is 14.3 Å². The van der Waals surface area contributed by atoms with Crippen LogP contribution in [0.25, 0.3) is 0 Å². The largest absolute Gasteiger partial charge is 0.468 e. The number of rotatable bonds is 4. The van der Waals surface area contributed by atoms with Gasteiger partial charge in [0.15, 0.2) is 0 Å². The highest BCUT2D eigenvalue weighted by Crippen LogP contribution is 2.29. The highest BCUT2D eigenvalue weighted by atomic mass is 19.4. The van der Waals surface area contributed by atoms with Crippen molar-refractivity contribution in [1.29, 1.82) is 0 Å². The molecule has 0 fully saturated rings. The number of esters is 1. The van der Waals surface area contributed by atoms with Crippen LogP contribution in [-0.4, -0.2) is 35.3 Å². The van der Waals surface area contributed by atoms with Crippen LogP contribution in [-0.2, 0) is 27.0 Å². The van der Waals surface area contributed by atoms with Gasteiger partial charge in [-0.25, -0.2) is 0 Å². The van der Waals surface area contributed by atoms with E-state index in [4.69, 9.17) is 0 Å². The number of nitrogens with one attached hydrogen (secondary N) is 1. The molecule has 9 heteroatoms. The van der Waals surface area contributed by atoms with Crippen LogP contribution in [0.1, 0.15) is 11.4 Å². The van der Waals surface area contributed by atoms with Crippen molar-refractivity contribution >= 4 is 11.9 Å². The molecule has 19 heavy (non-hydrogen) atoms. The summed E-state index contributed by atoms with van der Waals surface area (Å²) < 4.78 is 42.7. The van der Waals surface area contributed by atoms with Crippen LogP contribution in [0.5, 0.6) is 0 Å². The molecule has 0 aliphatic carbocycles. The Balaban J connectivity index is 2.72. The number of methoxy groups -OCH3 is 1. The molecule has 1 aromatic rings. The second-order valence-electron chi connectivity index (χ2n) is 3.68. The molecule has 1 rings (SSSR count). The van der Waals surface area contributed by atoms with Gasteiger partial charge in [0.2, 0.25) is 5.91 Å². The quantitative estimate of drug-likeness (QED) is 0.815. The van der Waals surface area contributed by atoms with Crippen molar-refractivity contribution in [3.8, 4) is 0 Å². The smallest absolute Gasteiger partial charge is 0.433 e. The lowest BCUT2D eigenvalue weighted by Gasteiger charge is -2.10. The Morgan fingerprint density at radius 1 is 1.47 bits per heavy atom. The molecule has 1 N–H and O–H groups in total. The average molecular weight is 279 g/mol. The van der Waals surface area contributed by atoms with Crippen molar-refractivity contribution in [2.24, 2.45) is 0 Å². The first kappa shape index (κ1) is 15.0. The van der Waals surface area contributed by atoms with Gasteiger partial charge >= 0.3 is 12.1 Å². The molecule has 0 bridgehead atoms. The third-order valence-electron chi connectivity index (χ3n) is 2.14. The molecule has 0 atom stereocenters. The number of hydrogen-bond donors (Lipinski definition) is 1. The zero-order chi connectivity index (χ0) is 14.6. The molecule has 0 radical (unpaired) electrons. The first-order chi connectivity index (χ1) is 8.74. The molecule has 1 amide bonds. The predicted octanol–water partition coefficient (Wildman–Crippen LogP) is 0.500. The van der Waals surface area contributed by atoms with Crippen molar-refractivity contribution in [3.05, 3.63) is 17.5 Å². The van der Waals surface area contributed by atoms with E-state index in [1.165, 1.54) is 6.92 Å². The maximum atomic E-state index is 12.6. The summed E-state index contributed by atoms with van der Waals surface area (Å²) >= 11 is 0. The van der Waals surface area contributed by atoms with Crippen LogP contribution in [0.2, 0.25) is 0 Å². The highest BCUT2D eigenvalue weighted by Gasteiger charge is 2.35. The van der Waals surface area contributed by atoms with Gasteiger partial charge in [0.1, 0.15) is 18.8 Å². The zero-order valence-corrected chi connectivity index (χ0v) is 10.2. The van der Waals surface area contributed by atoms with Gasteiger partial charge in [-0.05, 0) is 13.0 Å². The van der Waals surface area contributed by atoms with Crippen molar-refractivity contribution in [3.63, 3.8) is 0 Å². The third kappa shape index (κ3) is 4.27. The monoisotopic (exact) mass is 279 g/mol. The Morgan fingerprint density at radius 3 is 2.63 bits per heavy atom. The van der Waals surface area contributed by atoms with E-state index in [1.807, 2.05) is 0 Å². The number of amides is 1. The van der Waals surface area contributed by atoms with E-state index in [-0.39, 0.29) is 5.69 Å². The molecular formula is C10H12F3N3O3. The minimum atomic E-state index is -4.59. The van der Waals surface area contributed by atoms with Crippen LogP contribution < -0.4 is 5.32 Å². The Labute approximate surface area is 106 Å². The second kappa shape index (κ2) is 5.72. The van der Waals surface area contributed by atoms with Crippen LogP contribution in [0.15, 0.2) is 6.07 Å². The summed E-state index contributed by atoms with van der Waals surface area (Å²) in [7, 11) is 1.13. The van der Waals surface area contributed by atoms with E-state index in [1.54, 1.807) is 0 Å². The molecule has 6 nitrogen and oxygen atoms in total. The average Bonchev–Trinajstić information content (AvgIpc) is 2.66. The van der Waals surface area contributed by atoms with Gasteiger partial charge in [-0.2, -0.15) is 18.3 Å². The van der Waals surface area contributed by atoms with Gasteiger partial charge in [0.05, 0.1) is 12.8 Å². The number of aromatic nitrogens is 2. The Bertz CT molecular complexity index is 482. The highest BCUT2D eigenvalue weighted by molar-refractivity contribution is 5.81. The van der Waals surface area contributed by atoms with E-state index in [0.29, 0.717) is 4.68 Å². The first-order valence-corrected chi connectivity index (χ1v) is 5.19. The molecule has 0 spiro atoms. The fourth-order valence-corrected chi connectivity index (χ4v) is 1.33. The van der Waals surface area contributed by atoms with E-state index >= 15 is 0 Å². The topological polar surface area (TPSA) is 73.2 Å². The van der Waals surface area contributed by atoms with Crippen molar-refractivity contribution in [2.45, 2.75) is 19.6 Å². The molecule has 1 aromatic heterocycles. The number of ether oxygens (including phenoxy) is 1. The Hall–Kier alpha value is -2.06. The lowest BCUT2D eigenvalue weighted by Crippen LogP contribution is -2.34. The van der Waals surface area contributed by atoms with Crippen LogP contribution in [0.4, 0.5) is 13.2 Å². The number of hydrogen-bond acceptors (Lipinski definition) is 4. The van der Waals surface area contributed by atoms with Gasteiger partial charge < -0.3 is 10.1 Å². The summed E-state index contributed by atoms with van der Waals surface area (Å²) in [5, 5.41) is 5.71. The first-order valence-electron chi connectivity index (χ1n) is 5.19. The van der Waals surface area contributed by atoms with Gasteiger partial charge in [-0.15, -0.1) is 0 Å². The standard InChI is InChI=1S/C10H12F3N3O3/c1-6-3-7(10(11,12)13)16(15-6)5-8(17)14-4-9(18)19-2/h3H,4-5H2,1-2H3,(H,14,17). The normalized spacial score (nSPS) is 11.2. The molecule has 0 saturated heterocycles. The summed E-state index contributed by atoms with van der Waals surface area (Å²) in [6.45, 7) is 0.356. The summed E-state index contributed by atoms with van der Waals surface area (Å²) in [6.07, 6.45) is -4.59. The van der Waals surface area contributed by atoms with E-state index in [0.717, 1.165) is 13.2 Å². The van der Waals surface area contributed by atoms with E-state index in [9.17, 15) is 22.8 Å². The number of carbonyl (C=O) groups is 2. The number of halogens is 3. The second-order valence-corrected chi connectivity index (χ2v) is 3.68. The number of carbonyl (C=O) groups excluding carboxylic acids is 2. The maximum absolute atomic E-state index is 12.6. The SMILES string of the molecule is COC(=O)CNC(=O)Cn1nc(C)cc1C(F)(F)F. The lowest BCUT2D eigenvalue weighted by molar-refractivity contribution is -0.145. The van der Waals surface area contributed by atoms with E-state index in [2.05, 4.69) is 15.2 Å². The Kier molecular flexibility index (Phi) is 4.52. The summed E-state index contributed by atoms with van der Waals surface area (Å²) in [6, 6.07) is 0.841. The zero-order valence-electron chi connectivity index (χ0n) is 10.2. The fraction of sp³-hybridized carbons (Fsp3) is 0.500. The number of aryl methyl sites for hydroxylation is 1. The number of nitrogens with zero attached hydrogens (tertiary/aromatic N) is 2. The van der Waals surface area contributed by atoms with Crippen LogP contribution in [0.3, 0.4) is 0 Å². The fourth-order valence-electron chi connectivity index (χ4n) is 1.33. The number of alkyl halides is 3. The summed E-state index contributed by atoms with van der Waals surface area (Å²) in [4.78, 5) is 22.1. The van der Waals surface area contributed by atoms with Gasteiger partial charge in [-0.1, -0.05) is 0 Å². The van der Waals surface area contributed by atoms with Crippen molar-refractivity contribution in [1.82, 2.24) is 15.1 Å². The third-order valence-corrected chi connectivity index (χ3v) is 2.14. The molecule has 0 aromatic carbocycles. The maximum Gasteiger partial charge on any atom is 0.433 e. The Morgan fingerprint density at radius 2 is 2.11 bits per heavy atom. The minimum Gasteiger partial charge on any atom is -0.468 e. The van der Waals surface area contributed by atoms with Gasteiger partial charge in [0.25, 0.3) is 0 Å². The van der Waals surface area contributed by atoms with Gasteiger partial charge in [0, 0.05) is 0 Å². The van der Waals surface area contributed by atoms with Crippen LogP contribution >= 0.6 is 0 Å². The summed E-state index contributed by atoms with van der Waals surface area (Å²) in [5.74, 6) is -1.46. The molecule has 106 valence electrons.